The maximum atomic E-state index is 13.3. The molecule has 1 fully saturated rings. The molecule has 4 nitrogen and oxygen atoms in total. The molecule has 0 atom stereocenters. The summed E-state index contributed by atoms with van der Waals surface area (Å²) < 4.78 is 24.4. The van der Waals surface area contributed by atoms with Crippen LogP contribution >= 0.6 is 23.2 Å². The van der Waals surface area contributed by atoms with Crippen LogP contribution in [0.4, 0.5) is 4.39 Å². The van der Waals surface area contributed by atoms with Gasteiger partial charge in [-0.3, -0.25) is 4.79 Å². The fraction of sp³-hybridized carbons (Fsp3) is 0.409. The summed E-state index contributed by atoms with van der Waals surface area (Å²) in [5.41, 5.74) is 0.804. The van der Waals surface area contributed by atoms with Crippen LogP contribution in [0.3, 0.4) is 0 Å². The van der Waals surface area contributed by atoms with E-state index < -0.39 is 0 Å². The van der Waals surface area contributed by atoms with E-state index in [-0.39, 0.29) is 17.1 Å². The summed E-state index contributed by atoms with van der Waals surface area (Å²) in [4.78, 5) is 12.3. The maximum absolute atomic E-state index is 13.3. The van der Waals surface area contributed by atoms with Crippen LogP contribution < -0.4 is 10.1 Å². The predicted molar refractivity (Wildman–Crippen MR) is 112 cm³/mol. The Morgan fingerprint density at radius 3 is 2.55 bits per heavy atom. The van der Waals surface area contributed by atoms with E-state index in [2.05, 4.69) is 5.32 Å². The molecule has 0 radical (unpaired) electrons. The molecule has 1 heterocycles. The molecule has 156 valence electrons. The molecule has 3 rings (SSSR count). The van der Waals surface area contributed by atoms with Crippen LogP contribution in [-0.2, 0) is 14.9 Å². The van der Waals surface area contributed by atoms with Crippen LogP contribution in [0.1, 0.15) is 31.2 Å². The number of hydrogen-bond donors (Lipinski definition) is 1. The Balaban J connectivity index is 1.48. The van der Waals surface area contributed by atoms with Crippen LogP contribution in [0, 0.1) is 5.82 Å². The summed E-state index contributed by atoms with van der Waals surface area (Å²) in [5, 5.41) is 4.03. The molecule has 7 heteroatoms. The first-order valence-electron chi connectivity index (χ1n) is 9.67. The van der Waals surface area contributed by atoms with Gasteiger partial charge in [-0.05, 0) is 55.2 Å². The number of hydrogen-bond acceptors (Lipinski definition) is 3. The highest BCUT2D eigenvalue weighted by Gasteiger charge is 2.34. The smallest absolute Gasteiger partial charge is 0.220 e. The molecule has 0 aliphatic carbocycles. The van der Waals surface area contributed by atoms with Crippen molar-refractivity contribution in [1.82, 2.24) is 5.32 Å². The van der Waals surface area contributed by atoms with Crippen LogP contribution in [0.5, 0.6) is 5.75 Å². The van der Waals surface area contributed by atoms with Crippen molar-refractivity contribution >= 4 is 29.1 Å². The molecule has 1 N–H and O–H groups in total. The first-order valence-corrected chi connectivity index (χ1v) is 10.4. The molecular formula is C22H24Cl2FNO3. The Bertz CT molecular complexity index is 823. The second-order valence-corrected chi connectivity index (χ2v) is 8.05. The van der Waals surface area contributed by atoms with E-state index in [1.807, 2.05) is 0 Å². The number of nitrogens with one attached hydrogen (secondary N) is 1. The number of amides is 1. The summed E-state index contributed by atoms with van der Waals surface area (Å²) in [6.07, 6.45) is 2.49. The minimum Gasteiger partial charge on any atom is -0.492 e. The highest BCUT2D eigenvalue weighted by Crippen LogP contribution is 2.34. The third-order valence-corrected chi connectivity index (χ3v) is 5.76. The largest absolute Gasteiger partial charge is 0.492 e. The first-order chi connectivity index (χ1) is 14.0. The highest BCUT2D eigenvalue weighted by atomic mass is 35.5. The van der Waals surface area contributed by atoms with Crippen molar-refractivity contribution in [3.05, 3.63) is 63.9 Å². The lowest BCUT2D eigenvalue weighted by Crippen LogP contribution is -2.44. The van der Waals surface area contributed by atoms with E-state index in [9.17, 15) is 9.18 Å². The zero-order valence-corrected chi connectivity index (χ0v) is 17.6. The van der Waals surface area contributed by atoms with E-state index in [1.54, 1.807) is 30.3 Å². The van der Waals surface area contributed by atoms with Gasteiger partial charge in [0.05, 0.1) is 11.6 Å². The quantitative estimate of drug-likeness (QED) is 0.578. The summed E-state index contributed by atoms with van der Waals surface area (Å²) in [5.74, 6) is 0.249. The lowest BCUT2D eigenvalue weighted by atomic mass is 9.74. The molecule has 0 saturated carbocycles. The summed E-state index contributed by atoms with van der Waals surface area (Å²) >= 11 is 11.9. The van der Waals surface area contributed by atoms with Gasteiger partial charge < -0.3 is 14.8 Å². The van der Waals surface area contributed by atoms with Crippen molar-refractivity contribution < 1.29 is 18.7 Å². The van der Waals surface area contributed by atoms with E-state index >= 15 is 0 Å². The molecule has 2 aromatic rings. The number of benzene rings is 2. The van der Waals surface area contributed by atoms with Crippen molar-refractivity contribution in [2.45, 2.75) is 31.1 Å². The summed E-state index contributed by atoms with van der Waals surface area (Å²) in [6.45, 7) is 2.14. The van der Waals surface area contributed by atoms with Gasteiger partial charge in [0.15, 0.2) is 0 Å². The van der Waals surface area contributed by atoms with Gasteiger partial charge in [0, 0.05) is 36.6 Å². The van der Waals surface area contributed by atoms with Gasteiger partial charge in [0.2, 0.25) is 5.91 Å². The van der Waals surface area contributed by atoms with Crippen LogP contribution in [0.25, 0.3) is 0 Å². The zero-order valence-electron chi connectivity index (χ0n) is 16.1. The molecule has 0 spiro atoms. The zero-order chi connectivity index (χ0) is 20.7. The summed E-state index contributed by atoms with van der Waals surface area (Å²) in [7, 11) is 0. The van der Waals surface area contributed by atoms with Gasteiger partial charge in [0.25, 0.3) is 0 Å². The second kappa shape index (κ2) is 10.3. The Morgan fingerprint density at radius 1 is 1.14 bits per heavy atom. The Morgan fingerprint density at radius 2 is 1.86 bits per heavy atom. The minimum absolute atomic E-state index is 0.0382. The van der Waals surface area contributed by atoms with Gasteiger partial charge in [-0.15, -0.1) is 0 Å². The van der Waals surface area contributed by atoms with Crippen LogP contribution in [0.15, 0.2) is 42.5 Å². The standard InChI is InChI=1S/C22H24Cl2FNO3/c23-17-5-8-20(19(24)14-17)29-11-1-2-21(27)26-15-22(9-12-28-13-10-22)16-3-6-18(25)7-4-16/h3-8,14H,1-2,9-13,15H2,(H,26,27). The molecule has 1 aliphatic rings. The fourth-order valence-electron chi connectivity index (χ4n) is 3.50. The molecule has 1 aliphatic heterocycles. The molecule has 1 amide bonds. The lowest BCUT2D eigenvalue weighted by molar-refractivity contribution is -0.121. The van der Waals surface area contributed by atoms with E-state index in [1.165, 1.54) is 12.1 Å². The van der Waals surface area contributed by atoms with Gasteiger partial charge in [-0.1, -0.05) is 35.3 Å². The maximum Gasteiger partial charge on any atom is 0.220 e. The van der Waals surface area contributed by atoms with Gasteiger partial charge in [-0.25, -0.2) is 4.39 Å². The third kappa shape index (κ3) is 6.08. The molecule has 29 heavy (non-hydrogen) atoms. The number of halogens is 3. The van der Waals surface area contributed by atoms with Crippen molar-refractivity contribution in [3.63, 3.8) is 0 Å². The molecule has 0 bridgehead atoms. The van der Waals surface area contributed by atoms with Crippen molar-refractivity contribution in [3.8, 4) is 5.75 Å². The summed E-state index contributed by atoms with van der Waals surface area (Å²) in [6, 6.07) is 11.6. The Hall–Kier alpha value is -1.82. The normalized spacial score (nSPS) is 15.7. The van der Waals surface area contributed by atoms with Crippen molar-refractivity contribution in [2.75, 3.05) is 26.4 Å². The number of ether oxygens (including phenoxy) is 2. The van der Waals surface area contributed by atoms with Gasteiger partial charge >= 0.3 is 0 Å². The third-order valence-electron chi connectivity index (χ3n) is 5.23. The van der Waals surface area contributed by atoms with Gasteiger partial charge in [-0.2, -0.15) is 0 Å². The van der Waals surface area contributed by atoms with E-state index in [0.29, 0.717) is 55.0 Å². The number of carbonyl (C=O) groups is 1. The Labute approximate surface area is 180 Å². The van der Waals surface area contributed by atoms with Crippen molar-refractivity contribution in [1.29, 1.82) is 0 Å². The van der Waals surface area contributed by atoms with E-state index in [0.717, 1.165) is 18.4 Å². The molecule has 0 unspecified atom stereocenters. The first kappa shape index (κ1) is 21.9. The predicted octanol–water partition coefficient (Wildman–Crippen LogP) is 5.16. The second-order valence-electron chi connectivity index (χ2n) is 7.20. The molecule has 2 aromatic carbocycles. The van der Waals surface area contributed by atoms with Crippen molar-refractivity contribution in [2.24, 2.45) is 0 Å². The fourth-order valence-corrected chi connectivity index (χ4v) is 3.96. The van der Waals surface area contributed by atoms with Gasteiger partial charge in [0.1, 0.15) is 11.6 Å². The van der Waals surface area contributed by atoms with Crippen LogP contribution in [0.2, 0.25) is 10.0 Å². The molecule has 1 saturated heterocycles. The number of carbonyl (C=O) groups excluding carboxylic acids is 1. The average Bonchev–Trinajstić information content (AvgIpc) is 2.72. The Kier molecular flexibility index (Phi) is 7.76. The number of rotatable bonds is 8. The average molecular weight is 440 g/mol. The minimum atomic E-state index is -0.263. The highest BCUT2D eigenvalue weighted by molar-refractivity contribution is 6.35. The lowest BCUT2D eigenvalue weighted by Gasteiger charge is -2.38. The molecular weight excluding hydrogens is 416 g/mol. The molecule has 0 aromatic heterocycles. The SMILES string of the molecule is O=C(CCCOc1ccc(Cl)cc1Cl)NCC1(c2ccc(F)cc2)CCOCC1. The van der Waals surface area contributed by atoms with Crippen LogP contribution in [-0.4, -0.2) is 32.3 Å². The topological polar surface area (TPSA) is 47.6 Å². The monoisotopic (exact) mass is 439 g/mol. The van der Waals surface area contributed by atoms with E-state index in [4.69, 9.17) is 32.7 Å².